The Morgan fingerprint density at radius 2 is 1.43 bits per heavy atom. The van der Waals surface area contributed by atoms with Gasteiger partial charge in [0.2, 0.25) is 5.69 Å². The Hall–Kier alpha value is -1.98. The Morgan fingerprint density at radius 1 is 0.929 bits per heavy atom. The zero-order chi connectivity index (χ0) is 16.3. The molecule has 1 aromatic carbocycles. The lowest BCUT2D eigenvalue weighted by molar-refractivity contribution is 0.587. The second kappa shape index (κ2) is 16.0. The van der Waals surface area contributed by atoms with E-state index in [9.17, 15) is 5.26 Å². The molecule has 2 aromatic rings. The minimum Gasteiger partial charge on any atom is -0.236 e. The zero-order valence-corrected chi connectivity index (χ0v) is 14.3. The van der Waals surface area contributed by atoms with Crippen molar-refractivity contribution in [3.05, 3.63) is 28.1 Å². The van der Waals surface area contributed by atoms with Crippen molar-refractivity contribution in [3.63, 3.8) is 0 Å². The first-order chi connectivity index (χ1) is 10.5. The molecule has 0 atom stereocenters. The van der Waals surface area contributed by atoms with Crippen LogP contribution < -0.4 is 0 Å². The van der Waals surface area contributed by atoms with Crippen LogP contribution in [0.25, 0.3) is 15.9 Å². The first-order valence-corrected chi connectivity index (χ1v) is 8.30. The fourth-order valence-corrected chi connectivity index (χ4v) is 3.23. The number of benzene rings is 1. The van der Waals surface area contributed by atoms with Gasteiger partial charge in [-0.05, 0) is 42.2 Å². The number of nitriles is 1. The predicted molar refractivity (Wildman–Crippen MR) is 130 cm³/mol. The van der Waals surface area contributed by atoms with Gasteiger partial charge in [0.1, 0.15) is 5.52 Å². The summed E-state index contributed by atoms with van der Waals surface area (Å²) in [6.07, 6.45) is 2.49. The van der Waals surface area contributed by atoms with Gasteiger partial charge in [-0.1, -0.05) is 72.3 Å². The van der Waals surface area contributed by atoms with Crippen molar-refractivity contribution < 1.29 is 0 Å². The van der Waals surface area contributed by atoms with E-state index in [2.05, 4.69) is 47.4 Å². The number of fused-ring (bicyclic) bond motifs is 1. The van der Waals surface area contributed by atoms with Crippen molar-refractivity contribution in [2.75, 3.05) is 0 Å². The molecule has 0 aliphatic carbocycles. The minimum absolute atomic E-state index is 0. The van der Waals surface area contributed by atoms with Crippen molar-refractivity contribution in [1.82, 2.24) is 8.75 Å². The lowest BCUT2D eigenvalue weighted by atomic mass is 9.90. The van der Waals surface area contributed by atoms with E-state index in [4.69, 9.17) is 6.57 Å². The molecule has 5 heteroatoms. The molecule has 162 valence electrons. The van der Waals surface area contributed by atoms with Crippen molar-refractivity contribution in [2.24, 2.45) is 11.8 Å². The average Bonchev–Trinajstić information content (AvgIpc) is 2.93. The molecular formula is C23H44N4S. The molecule has 0 spiro atoms. The van der Waals surface area contributed by atoms with Gasteiger partial charge in [-0.2, -0.15) is 14.0 Å². The molecule has 0 N–H and O–H groups in total. The smallest absolute Gasteiger partial charge is 0.210 e. The number of aromatic nitrogens is 2. The second-order valence-corrected chi connectivity index (χ2v) is 6.92. The lowest BCUT2D eigenvalue weighted by Crippen LogP contribution is -2.02. The molecule has 0 saturated heterocycles. The zero-order valence-electron chi connectivity index (χ0n) is 13.5. The normalized spacial score (nSPS) is 8.71. The number of hydrogen-bond acceptors (Lipinski definition) is 4. The molecule has 1 heterocycles. The van der Waals surface area contributed by atoms with Gasteiger partial charge in [0, 0.05) is 0 Å². The van der Waals surface area contributed by atoms with Gasteiger partial charge in [-0.25, -0.2) is 4.85 Å². The monoisotopic (exact) mass is 408 g/mol. The standard InChI is InChI=1S/C17H20N4S.6CH4/c1-10(2)6-7-12-14(9-18)15(19-5)13(8-11(3)4)17-16(12)20-22-21-17;;;;;;/h10-11H,6-8H2,1-4H3;6*1H4. The average molecular weight is 409 g/mol. The molecule has 0 radical (unpaired) electrons. The van der Waals surface area contributed by atoms with Gasteiger partial charge in [0.25, 0.3) is 0 Å². The summed E-state index contributed by atoms with van der Waals surface area (Å²) in [6.45, 7) is 16.1. The number of nitrogens with zero attached hydrogens (tertiary/aromatic N) is 4. The van der Waals surface area contributed by atoms with E-state index >= 15 is 0 Å². The highest BCUT2D eigenvalue weighted by Crippen LogP contribution is 2.37. The van der Waals surface area contributed by atoms with E-state index in [1.54, 1.807) is 0 Å². The van der Waals surface area contributed by atoms with E-state index in [1.807, 2.05) is 0 Å². The third-order valence-electron chi connectivity index (χ3n) is 3.69. The molecule has 0 unspecified atom stereocenters. The highest BCUT2D eigenvalue weighted by molar-refractivity contribution is 7.00. The Kier molecular flexibility index (Phi) is 21.1. The molecular weight excluding hydrogens is 364 g/mol. The fraction of sp³-hybridized carbons (Fsp3) is 0.652. The summed E-state index contributed by atoms with van der Waals surface area (Å²) in [4.78, 5) is 3.68. The molecule has 28 heavy (non-hydrogen) atoms. The van der Waals surface area contributed by atoms with Crippen LogP contribution in [0.3, 0.4) is 0 Å². The highest BCUT2D eigenvalue weighted by Gasteiger charge is 2.22. The Balaban J connectivity index is -0.000000294. The van der Waals surface area contributed by atoms with Crippen LogP contribution in [0.4, 0.5) is 5.69 Å². The largest absolute Gasteiger partial charge is 0.236 e. The van der Waals surface area contributed by atoms with Gasteiger partial charge in [-0.15, -0.1) is 0 Å². The number of hydrogen-bond donors (Lipinski definition) is 0. The quantitative estimate of drug-likeness (QED) is 0.465. The molecule has 0 saturated carbocycles. The van der Waals surface area contributed by atoms with Crippen LogP contribution in [0.2, 0.25) is 0 Å². The topological polar surface area (TPSA) is 53.9 Å². The maximum Gasteiger partial charge on any atom is 0.210 e. The first-order valence-electron chi connectivity index (χ1n) is 7.57. The number of rotatable bonds is 5. The number of aryl methyl sites for hydroxylation is 1. The molecule has 2 rings (SSSR count). The van der Waals surface area contributed by atoms with E-state index in [0.717, 1.165) is 41.4 Å². The van der Waals surface area contributed by atoms with E-state index in [-0.39, 0.29) is 44.6 Å². The summed E-state index contributed by atoms with van der Waals surface area (Å²) in [5, 5.41) is 9.61. The minimum atomic E-state index is 0. The summed E-state index contributed by atoms with van der Waals surface area (Å²) in [5.74, 6) is 0.943. The van der Waals surface area contributed by atoms with Crippen molar-refractivity contribution in [1.29, 1.82) is 5.26 Å². The first kappa shape index (κ1) is 36.9. The van der Waals surface area contributed by atoms with E-state index in [0.29, 0.717) is 23.1 Å². The van der Waals surface area contributed by atoms with Crippen LogP contribution in [0.15, 0.2) is 0 Å². The van der Waals surface area contributed by atoms with Gasteiger partial charge in [-0.3, -0.25) is 0 Å². The summed E-state index contributed by atoms with van der Waals surface area (Å²) in [6, 6.07) is 2.26. The van der Waals surface area contributed by atoms with Gasteiger partial charge < -0.3 is 0 Å². The maximum atomic E-state index is 9.61. The van der Waals surface area contributed by atoms with Crippen LogP contribution in [0, 0.1) is 29.7 Å². The predicted octanol–water partition coefficient (Wildman–Crippen LogP) is 8.72. The highest BCUT2D eigenvalue weighted by atomic mass is 32.1. The van der Waals surface area contributed by atoms with E-state index < -0.39 is 0 Å². The van der Waals surface area contributed by atoms with Crippen LogP contribution in [0.5, 0.6) is 0 Å². The molecule has 0 bridgehead atoms. The molecule has 0 aliphatic rings. The van der Waals surface area contributed by atoms with Crippen LogP contribution in [0.1, 0.15) is 95.4 Å². The van der Waals surface area contributed by atoms with Crippen LogP contribution in [-0.4, -0.2) is 8.75 Å². The Morgan fingerprint density at radius 3 is 1.82 bits per heavy atom. The lowest BCUT2D eigenvalue weighted by Gasteiger charge is -2.14. The van der Waals surface area contributed by atoms with Gasteiger partial charge in [0.15, 0.2) is 0 Å². The fourth-order valence-electron chi connectivity index (χ4n) is 2.63. The Bertz CT molecular complexity index is 761. The second-order valence-electron chi connectivity index (χ2n) is 6.40. The van der Waals surface area contributed by atoms with Crippen molar-refractivity contribution in [2.45, 2.75) is 91.5 Å². The third kappa shape index (κ3) is 7.56. The van der Waals surface area contributed by atoms with Gasteiger partial charge >= 0.3 is 0 Å². The molecule has 4 nitrogen and oxygen atoms in total. The van der Waals surface area contributed by atoms with E-state index in [1.165, 1.54) is 11.7 Å². The molecule has 0 amide bonds. The molecule has 0 fully saturated rings. The van der Waals surface area contributed by atoms with Crippen molar-refractivity contribution >= 4 is 28.4 Å². The summed E-state index contributed by atoms with van der Waals surface area (Å²) in [5.41, 5.74) is 4.42. The summed E-state index contributed by atoms with van der Waals surface area (Å²) < 4.78 is 8.85. The van der Waals surface area contributed by atoms with Gasteiger partial charge in [0.05, 0.1) is 35.4 Å². The van der Waals surface area contributed by atoms with Crippen LogP contribution >= 0.6 is 11.7 Å². The Labute approximate surface area is 180 Å². The summed E-state index contributed by atoms with van der Waals surface area (Å²) >= 11 is 1.17. The summed E-state index contributed by atoms with van der Waals surface area (Å²) in [7, 11) is 0. The SMILES string of the molecule is C.C.C.C.C.C.[C-]#[N+]c1c(C#N)c(CCC(C)C)c2nsnc2c1CC(C)C. The molecule has 1 aromatic heterocycles. The maximum absolute atomic E-state index is 9.61. The van der Waals surface area contributed by atoms with Crippen LogP contribution in [-0.2, 0) is 12.8 Å². The van der Waals surface area contributed by atoms with Crippen molar-refractivity contribution in [3.8, 4) is 6.07 Å². The molecule has 0 aliphatic heterocycles. The third-order valence-corrected chi connectivity index (χ3v) is 4.22.